The third-order valence-electron chi connectivity index (χ3n) is 10.3. The number of nitriles is 1. The van der Waals surface area contributed by atoms with Crippen LogP contribution in [0.4, 0.5) is 23.7 Å². The standard InChI is InChI=1S/C33H40F3N5O2/c34-25-5-1-4-23(16-25)31(40-12-3-13-40)30(27-6-2-7-29(27)38-32(42)43)22-10-14-39(15-11-22)19-33(36)20-41(21-33)26-9-8-24(18-37)28(35)17-26/h1,4-5,8-9,16-17,22,27,29-31,38H,2-3,6-7,10-15,19-21H2,(H,42,43)/t27-,29-,30-,31+/m0/s1. The lowest BCUT2D eigenvalue weighted by Crippen LogP contribution is -2.64. The van der Waals surface area contributed by atoms with E-state index in [-0.39, 0.29) is 48.4 Å². The van der Waals surface area contributed by atoms with Crippen LogP contribution in [0.5, 0.6) is 0 Å². The Kier molecular flexibility index (Phi) is 8.56. The largest absolute Gasteiger partial charge is 0.465 e. The zero-order valence-corrected chi connectivity index (χ0v) is 24.4. The van der Waals surface area contributed by atoms with E-state index in [4.69, 9.17) is 5.26 Å². The Morgan fingerprint density at radius 2 is 1.81 bits per heavy atom. The Balaban J connectivity index is 1.15. The molecular formula is C33H40F3N5O2. The van der Waals surface area contributed by atoms with Crippen molar-refractivity contribution in [1.29, 1.82) is 5.26 Å². The normalized spacial score (nSPS) is 25.8. The molecule has 3 saturated heterocycles. The van der Waals surface area contributed by atoms with Gasteiger partial charge >= 0.3 is 6.09 Å². The fraction of sp³-hybridized carbons (Fsp3) is 0.576. The van der Waals surface area contributed by atoms with Crippen molar-refractivity contribution in [2.45, 2.75) is 56.3 Å². The average molecular weight is 596 g/mol. The summed E-state index contributed by atoms with van der Waals surface area (Å²) in [5.74, 6) is -0.225. The molecule has 6 rings (SSSR count). The summed E-state index contributed by atoms with van der Waals surface area (Å²) < 4.78 is 44.3. The molecular weight excluding hydrogens is 555 g/mol. The predicted molar refractivity (Wildman–Crippen MR) is 157 cm³/mol. The summed E-state index contributed by atoms with van der Waals surface area (Å²) in [7, 11) is 0. The number of benzene rings is 2. The molecule has 2 N–H and O–H groups in total. The molecule has 0 radical (unpaired) electrons. The van der Waals surface area contributed by atoms with E-state index in [2.05, 4.69) is 15.1 Å². The van der Waals surface area contributed by atoms with Gasteiger partial charge in [-0.15, -0.1) is 0 Å². The van der Waals surface area contributed by atoms with Crippen LogP contribution in [0.1, 0.15) is 55.7 Å². The zero-order valence-electron chi connectivity index (χ0n) is 24.4. The van der Waals surface area contributed by atoms with Gasteiger partial charge in [0, 0.05) is 24.3 Å². The van der Waals surface area contributed by atoms with Crippen LogP contribution in [0.3, 0.4) is 0 Å². The molecule has 0 unspecified atom stereocenters. The maximum atomic E-state index is 15.8. The number of rotatable bonds is 9. The summed E-state index contributed by atoms with van der Waals surface area (Å²) in [5.41, 5.74) is 0.139. The second kappa shape index (κ2) is 12.4. The summed E-state index contributed by atoms with van der Waals surface area (Å²) in [5, 5.41) is 21.4. The number of hydrogen-bond donors (Lipinski definition) is 2. The summed E-state index contributed by atoms with van der Waals surface area (Å²) in [4.78, 5) is 18.1. The number of hydrogen-bond acceptors (Lipinski definition) is 5. The van der Waals surface area contributed by atoms with E-state index < -0.39 is 17.6 Å². The molecule has 1 aliphatic carbocycles. The number of nitrogens with one attached hydrogen (secondary N) is 1. The van der Waals surface area contributed by atoms with Crippen molar-refractivity contribution in [3.63, 3.8) is 0 Å². The van der Waals surface area contributed by atoms with E-state index in [1.54, 1.807) is 23.1 Å². The molecule has 4 atom stereocenters. The molecule has 4 aliphatic rings. The van der Waals surface area contributed by atoms with Crippen LogP contribution < -0.4 is 10.2 Å². The SMILES string of the molecule is N#Cc1ccc(N2CC(F)(CN3CCC([C@@H]([C@H]4CCC[C@@H]4NC(=O)O)[C@@H](c4cccc(F)c4)N4CCC4)CC3)C2)cc1F. The van der Waals surface area contributed by atoms with Gasteiger partial charge in [0.15, 0.2) is 5.67 Å². The number of halogens is 3. The van der Waals surface area contributed by atoms with Crippen LogP contribution in [-0.2, 0) is 0 Å². The number of alkyl halides is 1. The Morgan fingerprint density at radius 1 is 1.05 bits per heavy atom. The predicted octanol–water partition coefficient (Wildman–Crippen LogP) is 5.58. The molecule has 230 valence electrons. The minimum absolute atomic E-state index is 0.0164. The van der Waals surface area contributed by atoms with Crippen molar-refractivity contribution in [2.75, 3.05) is 50.7 Å². The Bertz CT molecular complexity index is 1350. The summed E-state index contributed by atoms with van der Waals surface area (Å²) >= 11 is 0. The second-order valence-corrected chi connectivity index (χ2v) is 13.0. The van der Waals surface area contributed by atoms with Gasteiger partial charge in [-0.25, -0.2) is 18.0 Å². The van der Waals surface area contributed by atoms with Crippen molar-refractivity contribution >= 4 is 11.8 Å². The highest BCUT2D eigenvalue weighted by molar-refractivity contribution is 5.65. The molecule has 3 aliphatic heterocycles. The molecule has 1 saturated carbocycles. The van der Waals surface area contributed by atoms with Gasteiger partial charge in [0.2, 0.25) is 0 Å². The molecule has 2 aromatic rings. The Hall–Kier alpha value is -3.29. The maximum Gasteiger partial charge on any atom is 0.404 e. The smallest absolute Gasteiger partial charge is 0.404 e. The first kappa shape index (κ1) is 29.8. The van der Waals surface area contributed by atoms with Gasteiger partial charge in [0.1, 0.15) is 17.7 Å². The number of amides is 1. The van der Waals surface area contributed by atoms with Gasteiger partial charge in [0.25, 0.3) is 0 Å². The van der Waals surface area contributed by atoms with Gasteiger partial charge in [-0.1, -0.05) is 18.6 Å². The first-order chi connectivity index (χ1) is 20.7. The minimum atomic E-state index is -1.39. The average Bonchev–Trinajstić information content (AvgIpc) is 3.38. The van der Waals surface area contributed by atoms with E-state index in [1.165, 1.54) is 18.2 Å². The molecule has 43 heavy (non-hydrogen) atoms. The molecule has 3 heterocycles. The lowest BCUT2D eigenvalue weighted by Gasteiger charge is -2.51. The lowest BCUT2D eigenvalue weighted by atomic mass is 9.68. The Morgan fingerprint density at radius 3 is 2.44 bits per heavy atom. The van der Waals surface area contributed by atoms with Crippen LogP contribution in [0.25, 0.3) is 0 Å². The number of nitrogens with zero attached hydrogens (tertiary/aromatic N) is 4. The first-order valence-electron chi connectivity index (χ1n) is 15.6. The molecule has 1 amide bonds. The highest BCUT2D eigenvalue weighted by atomic mass is 19.1. The molecule has 10 heteroatoms. The van der Waals surface area contributed by atoms with E-state index in [1.807, 2.05) is 12.1 Å². The van der Waals surface area contributed by atoms with Crippen molar-refractivity contribution in [2.24, 2.45) is 17.8 Å². The third-order valence-corrected chi connectivity index (χ3v) is 10.3. The van der Waals surface area contributed by atoms with Crippen molar-refractivity contribution in [1.82, 2.24) is 15.1 Å². The number of likely N-dealkylation sites (tertiary alicyclic amines) is 2. The van der Waals surface area contributed by atoms with Crippen molar-refractivity contribution in [3.05, 3.63) is 65.2 Å². The maximum absolute atomic E-state index is 15.8. The lowest BCUT2D eigenvalue weighted by molar-refractivity contribution is -0.00951. The zero-order chi connectivity index (χ0) is 30.1. The topological polar surface area (TPSA) is 82.8 Å². The van der Waals surface area contributed by atoms with E-state index in [0.29, 0.717) is 18.2 Å². The quantitative estimate of drug-likeness (QED) is 0.394. The number of carbonyl (C=O) groups is 1. The van der Waals surface area contributed by atoms with Crippen LogP contribution in [0, 0.1) is 40.7 Å². The van der Waals surface area contributed by atoms with E-state index in [9.17, 15) is 18.7 Å². The van der Waals surface area contributed by atoms with Crippen LogP contribution in [0.2, 0.25) is 0 Å². The highest BCUT2D eigenvalue weighted by Gasteiger charge is 2.48. The minimum Gasteiger partial charge on any atom is -0.465 e. The number of anilines is 1. The monoisotopic (exact) mass is 595 g/mol. The van der Waals surface area contributed by atoms with Crippen LogP contribution in [0.15, 0.2) is 42.5 Å². The molecule has 0 aromatic heterocycles. The summed E-state index contributed by atoms with van der Waals surface area (Å²) in [6.45, 7) is 4.07. The molecule has 2 aromatic carbocycles. The van der Waals surface area contributed by atoms with E-state index >= 15 is 4.39 Å². The third kappa shape index (κ3) is 6.34. The van der Waals surface area contributed by atoms with Gasteiger partial charge in [-0.05, 0) is 112 Å². The first-order valence-corrected chi connectivity index (χ1v) is 15.6. The number of carboxylic acid groups (broad SMARTS) is 1. The van der Waals surface area contributed by atoms with Gasteiger partial charge in [-0.2, -0.15) is 5.26 Å². The van der Waals surface area contributed by atoms with Gasteiger partial charge in [-0.3, -0.25) is 9.80 Å². The summed E-state index contributed by atoms with van der Waals surface area (Å²) in [6, 6.07) is 13.0. The highest BCUT2D eigenvalue weighted by Crippen LogP contribution is 2.49. The molecule has 4 fully saturated rings. The van der Waals surface area contributed by atoms with Crippen molar-refractivity contribution < 1.29 is 23.1 Å². The van der Waals surface area contributed by atoms with Crippen molar-refractivity contribution in [3.8, 4) is 6.07 Å². The molecule has 7 nitrogen and oxygen atoms in total. The van der Waals surface area contributed by atoms with E-state index in [0.717, 1.165) is 70.3 Å². The number of piperidine rings is 1. The van der Waals surface area contributed by atoms with Gasteiger partial charge < -0.3 is 15.3 Å². The molecule has 0 bridgehead atoms. The molecule has 0 spiro atoms. The fourth-order valence-corrected chi connectivity index (χ4v) is 8.22. The van der Waals surface area contributed by atoms with Gasteiger partial charge in [0.05, 0.1) is 18.7 Å². The Labute approximate surface area is 251 Å². The van der Waals surface area contributed by atoms with Crippen LogP contribution in [-0.4, -0.2) is 78.5 Å². The van der Waals surface area contributed by atoms with Crippen LogP contribution >= 0.6 is 0 Å². The fourth-order valence-electron chi connectivity index (χ4n) is 8.22. The summed E-state index contributed by atoms with van der Waals surface area (Å²) in [6.07, 6.45) is 4.57. The second-order valence-electron chi connectivity index (χ2n) is 13.0.